The van der Waals surface area contributed by atoms with E-state index >= 15 is 0 Å². The Morgan fingerprint density at radius 1 is 0.660 bits per heavy atom. The fraction of sp³-hybridized carbons (Fsp3) is 0.238. The SMILES string of the molecule is CCOC(=O)CON=C1CCC(c2ccc(OCc3ccc4ccccc4n3)cc2)(c2ccc(OCc3ccc4ccccc4n3)cc2)CC1. The minimum Gasteiger partial charge on any atom is -0.487 e. The molecule has 2 heterocycles. The van der Waals surface area contributed by atoms with Crippen LogP contribution in [0.3, 0.4) is 0 Å². The van der Waals surface area contributed by atoms with Crippen molar-refractivity contribution in [3.63, 3.8) is 0 Å². The van der Waals surface area contributed by atoms with Gasteiger partial charge < -0.3 is 19.0 Å². The van der Waals surface area contributed by atoms with Crippen LogP contribution in [0.15, 0.2) is 126 Å². The van der Waals surface area contributed by atoms with Gasteiger partial charge in [-0.15, -0.1) is 0 Å². The van der Waals surface area contributed by atoms with Crippen LogP contribution in [0.1, 0.15) is 55.1 Å². The van der Waals surface area contributed by atoms with Crippen LogP contribution in [0.25, 0.3) is 21.8 Å². The summed E-state index contributed by atoms with van der Waals surface area (Å²) in [6, 6.07) is 41.2. The van der Waals surface area contributed by atoms with Crippen LogP contribution < -0.4 is 9.47 Å². The molecule has 0 N–H and O–H groups in total. The summed E-state index contributed by atoms with van der Waals surface area (Å²) < 4.78 is 17.3. The molecule has 1 aliphatic rings. The number of benzene rings is 4. The largest absolute Gasteiger partial charge is 0.487 e. The van der Waals surface area contributed by atoms with Gasteiger partial charge in [-0.05, 0) is 92.3 Å². The first-order valence-electron chi connectivity index (χ1n) is 17.1. The molecule has 0 spiro atoms. The maximum Gasteiger partial charge on any atom is 0.347 e. The second-order valence-corrected chi connectivity index (χ2v) is 12.4. The zero-order valence-corrected chi connectivity index (χ0v) is 28.1. The van der Waals surface area contributed by atoms with Crippen LogP contribution in [0.2, 0.25) is 0 Å². The van der Waals surface area contributed by atoms with Crippen LogP contribution in [-0.4, -0.2) is 34.9 Å². The predicted molar refractivity (Wildman–Crippen MR) is 194 cm³/mol. The van der Waals surface area contributed by atoms with E-state index in [4.69, 9.17) is 29.0 Å². The molecule has 0 saturated heterocycles. The lowest BCUT2D eigenvalue weighted by Gasteiger charge is -2.39. The highest BCUT2D eigenvalue weighted by Gasteiger charge is 2.37. The molecule has 50 heavy (non-hydrogen) atoms. The summed E-state index contributed by atoms with van der Waals surface area (Å²) in [5.74, 6) is 1.16. The van der Waals surface area contributed by atoms with Crippen molar-refractivity contribution >= 4 is 33.5 Å². The summed E-state index contributed by atoms with van der Waals surface area (Å²) in [6.07, 6.45) is 3.13. The summed E-state index contributed by atoms with van der Waals surface area (Å²) in [5.41, 5.74) is 6.77. The molecule has 2 aromatic heterocycles. The number of esters is 1. The Morgan fingerprint density at radius 3 is 1.66 bits per heavy atom. The molecule has 1 aliphatic carbocycles. The van der Waals surface area contributed by atoms with Gasteiger partial charge in [-0.2, -0.15) is 0 Å². The fourth-order valence-corrected chi connectivity index (χ4v) is 6.61. The van der Waals surface area contributed by atoms with Crippen molar-refractivity contribution in [2.24, 2.45) is 5.16 Å². The number of oxime groups is 1. The molecular weight excluding hydrogens is 626 g/mol. The fourth-order valence-electron chi connectivity index (χ4n) is 6.61. The van der Waals surface area contributed by atoms with Gasteiger partial charge in [0, 0.05) is 16.2 Å². The minimum absolute atomic E-state index is 0.186. The van der Waals surface area contributed by atoms with Crippen molar-refractivity contribution in [1.29, 1.82) is 0 Å². The standard InChI is InChI=1S/C42H39N3O5/c1-2-47-41(46)29-50-45-34-23-25-42(26-24-34,32-13-19-37(20-14-32)48-27-35-17-11-30-7-3-5-9-39(30)43-35)33-15-21-38(22-16-33)49-28-36-18-12-31-8-4-6-10-40(31)44-36/h3-22H,2,23-29H2,1H3. The van der Waals surface area contributed by atoms with Gasteiger partial charge in [0.25, 0.3) is 0 Å². The van der Waals surface area contributed by atoms with Crippen LogP contribution in [-0.2, 0) is 33.0 Å². The Bertz CT molecular complexity index is 1970. The number of nitrogens with zero attached hydrogens (tertiary/aromatic N) is 3. The van der Waals surface area contributed by atoms with E-state index < -0.39 is 5.97 Å². The van der Waals surface area contributed by atoms with Gasteiger partial charge >= 0.3 is 5.97 Å². The van der Waals surface area contributed by atoms with Gasteiger partial charge in [-0.1, -0.05) is 78.0 Å². The van der Waals surface area contributed by atoms with E-state index in [9.17, 15) is 4.79 Å². The molecule has 4 aromatic carbocycles. The summed E-state index contributed by atoms with van der Waals surface area (Å²) in [7, 11) is 0. The molecule has 0 unspecified atom stereocenters. The first-order valence-corrected chi connectivity index (χ1v) is 17.1. The zero-order chi connectivity index (χ0) is 34.2. The minimum atomic E-state index is -0.417. The van der Waals surface area contributed by atoms with E-state index in [0.717, 1.165) is 76.1 Å². The second-order valence-electron chi connectivity index (χ2n) is 12.4. The second kappa shape index (κ2) is 15.2. The van der Waals surface area contributed by atoms with E-state index in [2.05, 4.69) is 53.7 Å². The smallest absolute Gasteiger partial charge is 0.347 e. The topological polar surface area (TPSA) is 92.1 Å². The van der Waals surface area contributed by atoms with Gasteiger partial charge in [0.15, 0.2) is 0 Å². The number of ether oxygens (including phenoxy) is 3. The molecule has 1 saturated carbocycles. The summed E-state index contributed by atoms with van der Waals surface area (Å²) in [6.45, 7) is 2.67. The number of rotatable bonds is 12. The molecule has 6 aromatic rings. The van der Waals surface area contributed by atoms with E-state index in [-0.39, 0.29) is 12.0 Å². The van der Waals surface area contributed by atoms with Gasteiger partial charge in [0.05, 0.1) is 34.7 Å². The number of fused-ring (bicyclic) bond motifs is 2. The van der Waals surface area contributed by atoms with Crippen molar-refractivity contribution in [2.75, 3.05) is 13.2 Å². The molecule has 7 rings (SSSR count). The first-order chi connectivity index (χ1) is 24.6. The number of hydrogen-bond donors (Lipinski definition) is 0. The third-order valence-electron chi connectivity index (χ3n) is 9.26. The average molecular weight is 666 g/mol. The average Bonchev–Trinajstić information content (AvgIpc) is 3.17. The molecule has 1 fully saturated rings. The molecule has 0 amide bonds. The monoisotopic (exact) mass is 665 g/mol. The third-order valence-corrected chi connectivity index (χ3v) is 9.26. The molecule has 0 aliphatic heterocycles. The molecular formula is C42H39N3O5. The van der Waals surface area contributed by atoms with Crippen LogP contribution >= 0.6 is 0 Å². The number of pyridine rings is 2. The lowest BCUT2D eigenvalue weighted by molar-refractivity contribution is -0.148. The third kappa shape index (κ3) is 7.60. The molecule has 252 valence electrons. The lowest BCUT2D eigenvalue weighted by Crippen LogP contribution is -2.33. The zero-order valence-electron chi connectivity index (χ0n) is 28.1. The Morgan fingerprint density at radius 2 is 1.16 bits per heavy atom. The van der Waals surface area contributed by atoms with Gasteiger partial charge in [0.2, 0.25) is 6.61 Å². The van der Waals surface area contributed by atoms with Crippen molar-refractivity contribution in [3.8, 4) is 11.5 Å². The number of hydrogen-bond acceptors (Lipinski definition) is 8. The highest BCUT2D eigenvalue weighted by atomic mass is 16.7. The summed E-state index contributed by atoms with van der Waals surface area (Å²) in [4.78, 5) is 26.6. The molecule has 8 nitrogen and oxygen atoms in total. The molecule has 0 bridgehead atoms. The van der Waals surface area contributed by atoms with Gasteiger partial charge in [0.1, 0.15) is 24.7 Å². The maximum atomic E-state index is 11.7. The number of carbonyl (C=O) groups excluding carboxylic acids is 1. The quantitative estimate of drug-likeness (QED) is 0.0954. The van der Waals surface area contributed by atoms with Crippen LogP contribution in [0.4, 0.5) is 0 Å². The van der Waals surface area contributed by atoms with Crippen LogP contribution in [0.5, 0.6) is 11.5 Å². The van der Waals surface area contributed by atoms with Crippen LogP contribution in [0, 0.1) is 0 Å². The van der Waals surface area contributed by atoms with Crippen molar-refractivity contribution in [1.82, 2.24) is 9.97 Å². The highest BCUT2D eigenvalue weighted by molar-refractivity contribution is 5.85. The Kier molecular flexibility index (Phi) is 9.96. The predicted octanol–water partition coefficient (Wildman–Crippen LogP) is 8.74. The first kappa shape index (κ1) is 32.8. The maximum absolute atomic E-state index is 11.7. The normalized spacial score (nSPS) is 13.9. The van der Waals surface area contributed by atoms with Crippen molar-refractivity contribution in [2.45, 2.75) is 51.2 Å². The van der Waals surface area contributed by atoms with E-state index in [1.54, 1.807) is 6.92 Å². The Balaban J connectivity index is 1.07. The summed E-state index contributed by atoms with van der Waals surface area (Å²) >= 11 is 0. The van der Waals surface area contributed by atoms with Crippen molar-refractivity contribution in [3.05, 3.63) is 144 Å². The summed E-state index contributed by atoms with van der Waals surface area (Å²) in [5, 5.41) is 6.51. The van der Waals surface area contributed by atoms with E-state index in [1.807, 2.05) is 72.8 Å². The molecule has 8 heteroatoms. The number of aromatic nitrogens is 2. The highest BCUT2D eigenvalue weighted by Crippen LogP contribution is 2.45. The van der Waals surface area contributed by atoms with E-state index in [1.165, 1.54) is 11.1 Å². The molecule has 0 radical (unpaired) electrons. The number of carbonyl (C=O) groups is 1. The van der Waals surface area contributed by atoms with Gasteiger partial charge in [-0.3, -0.25) is 0 Å². The molecule has 0 atom stereocenters. The van der Waals surface area contributed by atoms with Gasteiger partial charge in [-0.25, -0.2) is 14.8 Å². The Hall–Kier alpha value is -5.76. The number of para-hydroxylation sites is 2. The lowest BCUT2D eigenvalue weighted by atomic mass is 9.65. The Labute approximate surface area is 291 Å². The van der Waals surface area contributed by atoms with Crippen molar-refractivity contribution < 1.29 is 23.8 Å². The van der Waals surface area contributed by atoms with E-state index in [0.29, 0.717) is 19.8 Å².